The number of carboxylic acid groups (broad SMARTS) is 1. The zero-order valence-corrected chi connectivity index (χ0v) is 10.5. The second kappa shape index (κ2) is 4.73. The van der Waals surface area contributed by atoms with Crippen molar-refractivity contribution in [3.63, 3.8) is 0 Å². The molecule has 3 fully saturated rings. The SMILES string of the molecule is O=C(O)C1CC2CCC1CN2Cc1ccccc1. The van der Waals surface area contributed by atoms with Gasteiger partial charge in [0, 0.05) is 19.1 Å². The standard InChI is InChI=1S/C15H19NO2/c17-15(18)14-8-13-7-6-12(14)10-16(13)9-11-4-2-1-3-5-11/h1-5,12-14H,6-10H2,(H,17,18). The summed E-state index contributed by atoms with van der Waals surface area (Å²) in [6.07, 6.45) is 3.10. The Labute approximate surface area is 107 Å². The lowest BCUT2D eigenvalue weighted by Gasteiger charge is -2.48. The number of hydrogen-bond acceptors (Lipinski definition) is 2. The van der Waals surface area contributed by atoms with E-state index in [2.05, 4.69) is 29.2 Å². The molecule has 3 nitrogen and oxygen atoms in total. The van der Waals surface area contributed by atoms with Crippen LogP contribution in [0.5, 0.6) is 0 Å². The molecule has 2 bridgehead atoms. The summed E-state index contributed by atoms with van der Waals surface area (Å²) in [5.74, 6) is -0.337. The van der Waals surface area contributed by atoms with E-state index in [0.717, 1.165) is 25.9 Å². The summed E-state index contributed by atoms with van der Waals surface area (Å²) in [6.45, 7) is 1.92. The highest BCUT2D eigenvalue weighted by Gasteiger charge is 2.43. The molecule has 3 unspecified atom stereocenters. The zero-order valence-electron chi connectivity index (χ0n) is 10.5. The zero-order chi connectivity index (χ0) is 12.5. The van der Waals surface area contributed by atoms with Gasteiger partial charge in [0.25, 0.3) is 0 Å². The van der Waals surface area contributed by atoms with Gasteiger partial charge in [0.1, 0.15) is 0 Å². The Morgan fingerprint density at radius 3 is 2.67 bits per heavy atom. The Hall–Kier alpha value is -1.35. The molecule has 3 heteroatoms. The van der Waals surface area contributed by atoms with Crippen LogP contribution in [0.1, 0.15) is 24.8 Å². The summed E-state index contributed by atoms with van der Waals surface area (Å²) in [5, 5.41) is 9.22. The fraction of sp³-hybridized carbons (Fsp3) is 0.533. The van der Waals surface area contributed by atoms with Gasteiger partial charge < -0.3 is 5.11 Å². The molecular formula is C15H19NO2. The molecule has 4 rings (SSSR count). The second-order valence-electron chi connectivity index (χ2n) is 5.59. The minimum Gasteiger partial charge on any atom is -0.481 e. The Balaban J connectivity index is 1.69. The Kier molecular flexibility index (Phi) is 3.08. The molecule has 0 aromatic heterocycles. The highest BCUT2D eigenvalue weighted by molar-refractivity contribution is 5.70. The largest absolute Gasteiger partial charge is 0.481 e. The van der Waals surface area contributed by atoms with Gasteiger partial charge in [-0.3, -0.25) is 9.69 Å². The topological polar surface area (TPSA) is 40.5 Å². The number of piperidine rings is 2. The molecule has 96 valence electrons. The summed E-state index contributed by atoms with van der Waals surface area (Å²) in [6, 6.07) is 10.9. The maximum atomic E-state index is 11.2. The number of carbonyl (C=O) groups is 1. The van der Waals surface area contributed by atoms with Gasteiger partial charge in [0.15, 0.2) is 0 Å². The third kappa shape index (κ3) is 2.15. The number of aliphatic carboxylic acids is 1. The van der Waals surface area contributed by atoms with E-state index in [4.69, 9.17) is 0 Å². The van der Waals surface area contributed by atoms with Crippen molar-refractivity contribution >= 4 is 5.97 Å². The van der Waals surface area contributed by atoms with E-state index in [1.807, 2.05) is 6.07 Å². The third-order valence-electron chi connectivity index (χ3n) is 4.50. The lowest BCUT2D eigenvalue weighted by molar-refractivity contribution is -0.149. The van der Waals surface area contributed by atoms with E-state index in [-0.39, 0.29) is 5.92 Å². The third-order valence-corrected chi connectivity index (χ3v) is 4.50. The molecule has 2 saturated heterocycles. The molecule has 0 spiro atoms. The lowest BCUT2D eigenvalue weighted by atomic mass is 9.72. The molecule has 18 heavy (non-hydrogen) atoms. The van der Waals surface area contributed by atoms with Crippen LogP contribution in [0.3, 0.4) is 0 Å². The monoisotopic (exact) mass is 245 g/mol. The molecule has 2 heterocycles. The molecule has 1 aliphatic carbocycles. The predicted molar refractivity (Wildman–Crippen MR) is 69.1 cm³/mol. The first-order valence-electron chi connectivity index (χ1n) is 6.75. The first-order chi connectivity index (χ1) is 8.74. The summed E-state index contributed by atoms with van der Waals surface area (Å²) in [4.78, 5) is 13.7. The highest BCUT2D eigenvalue weighted by atomic mass is 16.4. The summed E-state index contributed by atoms with van der Waals surface area (Å²) in [7, 11) is 0. The van der Waals surface area contributed by atoms with Gasteiger partial charge in [-0.2, -0.15) is 0 Å². The van der Waals surface area contributed by atoms with E-state index in [1.165, 1.54) is 12.0 Å². The van der Waals surface area contributed by atoms with Gasteiger partial charge in [0.05, 0.1) is 5.92 Å². The van der Waals surface area contributed by atoms with E-state index >= 15 is 0 Å². The number of hydrogen-bond donors (Lipinski definition) is 1. The molecule has 0 radical (unpaired) electrons. The van der Waals surface area contributed by atoms with Gasteiger partial charge >= 0.3 is 5.97 Å². The maximum Gasteiger partial charge on any atom is 0.306 e. The lowest BCUT2D eigenvalue weighted by Crippen LogP contribution is -2.53. The normalized spacial score (nSPS) is 31.4. The van der Waals surface area contributed by atoms with Crippen molar-refractivity contribution in [3.8, 4) is 0 Å². The number of carboxylic acids is 1. The van der Waals surface area contributed by atoms with Gasteiger partial charge in [-0.25, -0.2) is 0 Å². The number of nitrogens with zero attached hydrogens (tertiary/aromatic N) is 1. The molecule has 1 aromatic rings. The molecule has 0 amide bonds. The fourth-order valence-electron chi connectivity index (χ4n) is 3.53. The van der Waals surface area contributed by atoms with Gasteiger partial charge in [-0.15, -0.1) is 0 Å². The Bertz CT molecular complexity index is 431. The summed E-state index contributed by atoms with van der Waals surface area (Å²) >= 11 is 0. The van der Waals surface area contributed by atoms with Crippen molar-refractivity contribution in [3.05, 3.63) is 35.9 Å². The van der Waals surface area contributed by atoms with E-state index in [0.29, 0.717) is 12.0 Å². The smallest absolute Gasteiger partial charge is 0.306 e. The van der Waals surface area contributed by atoms with Crippen molar-refractivity contribution in [1.29, 1.82) is 0 Å². The molecule has 1 aromatic carbocycles. The summed E-state index contributed by atoms with van der Waals surface area (Å²) < 4.78 is 0. The number of rotatable bonds is 3. The van der Waals surface area contributed by atoms with Crippen LogP contribution in [0.25, 0.3) is 0 Å². The van der Waals surface area contributed by atoms with Gasteiger partial charge in [0.2, 0.25) is 0 Å². The first kappa shape index (κ1) is 11.7. The number of benzene rings is 1. The Morgan fingerprint density at radius 2 is 2.06 bits per heavy atom. The van der Waals surface area contributed by atoms with Crippen molar-refractivity contribution in [2.45, 2.75) is 31.8 Å². The molecule has 2 aliphatic heterocycles. The van der Waals surface area contributed by atoms with Gasteiger partial charge in [-0.1, -0.05) is 30.3 Å². The highest BCUT2D eigenvalue weighted by Crippen LogP contribution is 2.39. The van der Waals surface area contributed by atoms with Gasteiger partial charge in [-0.05, 0) is 30.7 Å². The molecule has 1 N–H and O–H groups in total. The quantitative estimate of drug-likeness (QED) is 0.888. The van der Waals surface area contributed by atoms with Crippen LogP contribution in [0.4, 0.5) is 0 Å². The first-order valence-corrected chi connectivity index (χ1v) is 6.75. The average Bonchev–Trinajstić information content (AvgIpc) is 2.40. The van der Waals surface area contributed by atoms with Crippen molar-refractivity contribution in [2.24, 2.45) is 11.8 Å². The minimum atomic E-state index is -0.593. The Morgan fingerprint density at radius 1 is 1.28 bits per heavy atom. The van der Waals surface area contributed by atoms with Crippen LogP contribution in [0.2, 0.25) is 0 Å². The van der Waals surface area contributed by atoms with E-state index in [1.54, 1.807) is 0 Å². The maximum absolute atomic E-state index is 11.2. The second-order valence-corrected chi connectivity index (χ2v) is 5.59. The van der Waals surface area contributed by atoms with E-state index < -0.39 is 5.97 Å². The van der Waals surface area contributed by atoms with Crippen LogP contribution in [-0.2, 0) is 11.3 Å². The van der Waals surface area contributed by atoms with Crippen LogP contribution in [0, 0.1) is 11.8 Å². The molecule has 3 aliphatic rings. The number of fused-ring (bicyclic) bond motifs is 3. The fourth-order valence-corrected chi connectivity index (χ4v) is 3.53. The minimum absolute atomic E-state index is 0.101. The van der Waals surface area contributed by atoms with Crippen LogP contribution in [0.15, 0.2) is 30.3 Å². The van der Waals surface area contributed by atoms with Crippen molar-refractivity contribution < 1.29 is 9.90 Å². The van der Waals surface area contributed by atoms with Crippen LogP contribution < -0.4 is 0 Å². The van der Waals surface area contributed by atoms with Crippen molar-refractivity contribution in [2.75, 3.05) is 6.54 Å². The van der Waals surface area contributed by atoms with Crippen LogP contribution in [-0.4, -0.2) is 28.6 Å². The average molecular weight is 245 g/mol. The summed E-state index contributed by atoms with van der Waals surface area (Å²) in [5.41, 5.74) is 1.33. The van der Waals surface area contributed by atoms with Crippen molar-refractivity contribution in [1.82, 2.24) is 4.90 Å². The van der Waals surface area contributed by atoms with Crippen LogP contribution >= 0.6 is 0 Å². The molecular weight excluding hydrogens is 226 g/mol. The molecule has 3 atom stereocenters. The molecule has 1 saturated carbocycles. The predicted octanol–water partition coefficient (Wildman–Crippen LogP) is 2.37. The van der Waals surface area contributed by atoms with E-state index in [9.17, 15) is 9.90 Å².